The van der Waals surface area contributed by atoms with E-state index in [9.17, 15) is 0 Å². The van der Waals surface area contributed by atoms with Crippen molar-refractivity contribution in [3.8, 4) is 5.75 Å². The first-order valence-corrected chi connectivity index (χ1v) is 9.83. The zero-order chi connectivity index (χ0) is 15.9. The third-order valence-electron chi connectivity index (χ3n) is 4.34. The van der Waals surface area contributed by atoms with Crippen LogP contribution in [-0.2, 0) is 4.74 Å². The van der Waals surface area contributed by atoms with E-state index in [1.807, 2.05) is 18.7 Å². The summed E-state index contributed by atoms with van der Waals surface area (Å²) in [7, 11) is 0. The largest absolute Gasteiger partial charge is 0.493 e. The van der Waals surface area contributed by atoms with Gasteiger partial charge in [0.1, 0.15) is 5.75 Å². The van der Waals surface area contributed by atoms with Crippen LogP contribution < -0.4 is 4.74 Å². The Morgan fingerprint density at radius 2 is 2.00 bits per heavy atom. The maximum absolute atomic E-state index is 5.83. The van der Waals surface area contributed by atoms with Crippen LogP contribution in [0.1, 0.15) is 44.1 Å². The van der Waals surface area contributed by atoms with Crippen molar-refractivity contribution in [1.82, 2.24) is 0 Å². The average molecular weight is 333 g/mol. The highest BCUT2D eigenvalue weighted by Gasteiger charge is 2.24. The first-order valence-electron chi connectivity index (χ1n) is 8.84. The van der Waals surface area contributed by atoms with Gasteiger partial charge >= 0.3 is 0 Å². The molecule has 4 heteroatoms. The minimum Gasteiger partial charge on any atom is -0.493 e. The van der Waals surface area contributed by atoms with Crippen LogP contribution in [0, 0.1) is 5.92 Å². The van der Waals surface area contributed by atoms with Crippen molar-refractivity contribution in [3.05, 3.63) is 29.8 Å². The van der Waals surface area contributed by atoms with Gasteiger partial charge in [0.05, 0.1) is 11.7 Å². The SMILES string of the molecule is CCOCCCSC1=NCCC1c1ccc(OCC2CC2)cc1. The van der Waals surface area contributed by atoms with E-state index in [4.69, 9.17) is 14.5 Å². The molecule has 1 unspecified atom stereocenters. The first-order chi connectivity index (χ1) is 11.4. The molecule has 1 saturated carbocycles. The van der Waals surface area contributed by atoms with Gasteiger partial charge in [0.15, 0.2) is 0 Å². The molecule has 3 nitrogen and oxygen atoms in total. The Bertz CT molecular complexity index is 511. The van der Waals surface area contributed by atoms with Gasteiger partial charge in [-0.05, 0) is 56.2 Å². The van der Waals surface area contributed by atoms with Crippen LogP contribution in [0.25, 0.3) is 0 Å². The summed E-state index contributed by atoms with van der Waals surface area (Å²) in [6.07, 6.45) is 4.90. The summed E-state index contributed by atoms with van der Waals surface area (Å²) in [6.45, 7) is 5.55. The summed E-state index contributed by atoms with van der Waals surface area (Å²) >= 11 is 1.90. The van der Waals surface area contributed by atoms with E-state index in [2.05, 4.69) is 24.3 Å². The molecule has 23 heavy (non-hydrogen) atoms. The van der Waals surface area contributed by atoms with Crippen LogP contribution >= 0.6 is 11.8 Å². The zero-order valence-corrected chi connectivity index (χ0v) is 14.8. The second-order valence-electron chi connectivity index (χ2n) is 6.28. The molecule has 1 atom stereocenters. The van der Waals surface area contributed by atoms with Gasteiger partial charge in [0.2, 0.25) is 0 Å². The molecule has 1 aliphatic heterocycles. The summed E-state index contributed by atoms with van der Waals surface area (Å²) in [4.78, 5) is 4.71. The number of hydrogen-bond acceptors (Lipinski definition) is 4. The molecule has 1 fully saturated rings. The Balaban J connectivity index is 1.47. The quantitative estimate of drug-likeness (QED) is 0.623. The van der Waals surface area contributed by atoms with E-state index >= 15 is 0 Å². The van der Waals surface area contributed by atoms with Crippen molar-refractivity contribution < 1.29 is 9.47 Å². The van der Waals surface area contributed by atoms with Gasteiger partial charge in [0.25, 0.3) is 0 Å². The molecule has 0 spiro atoms. The third kappa shape index (κ3) is 5.25. The summed E-state index contributed by atoms with van der Waals surface area (Å²) in [5, 5.41) is 1.30. The predicted octanol–water partition coefficient (Wildman–Crippen LogP) is 4.52. The molecule has 1 aromatic carbocycles. The lowest BCUT2D eigenvalue weighted by atomic mass is 9.98. The molecule has 0 amide bonds. The van der Waals surface area contributed by atoms with Crippen LogP contribution in [0.3, 0.4) is 0 Å². The highest BCUT2D eigenvalue weighted by molar-refractivity contribution is 8.14. The molecular formula is C19H27NO2S. The van der Waals surface area contributed by atoms with Crippen molar-refractivity contribution in [2.24, 2.45) is 10.9 Å². The minimum atomic E-state index is 0.476. The average Bonchev–Trinajstić information content (AvgIpc) is 3.30. The smallest absolute Gasteiger partial charge is 0.119 e. The predicted molar refractivity (Wildman–Crippen MR) is 97.9 cm³/mol. The molecular weight excluding hydrogens is 306 g/mol. The van der Waals surface area contributed by atoms with Gasteiger partial charge in [-0.25, -0.2) is 0 Å². The molecule has 1 heterocycles. The molecule has 0 N–H and O–H groups in total. The maximum atomic E-state index is 5.83. The molecule has 3 rings (SSSR count). The maximum Gasteiger partial charge on any atom is 0.119 e. The Morgan fingerprint density at radius 3 is 2.74 bits per heavy atom. The lowest BCUT2D eigenvalue weighted by molar-refractivity contribution is 0.149. The van der Waals surface area contributed by atoms with E-state index in [0.717, 1.165) is 56.6 Å². The second-order valence-corrected chi connectivity index (χ2v) is 7.40. The van der Waals surface area contributed by atoms with Crippen LogP contribution in [-0.4, -0.2) is 37.2 Å². The van der Waals surface area contributed by atoms with Crippen molar-refractivity contribution in [2.45, 2.75) is 38.5 Å². The van der Waals surface area contributed by atoms with Crippen LogP contribution in [0.15, 0.2) is 29.3 Å². The molecule has 1 aliphatic carbocycles. The lowest BCUT2D eigenvalue weighted by Gasteiger charge is -2.14. The zero-order valence-electron chi connectivity index (χ0n) is 14.0. The Hall–Kier alpha value is -1.00. The molecule has 0 radical (unpaired) electrons. The number of rotatable bonds is 9. The van der Waals surface area contributed by atoms with Gasteiger partial charge in [-0.3, -0.25) is 4.99 Å². The van der Waals surface area contributed by atoms with E-state index < -0.39 is 0 Å². The lowest BCUT2D eigenvalue weighted by Crippen LogP contribution is -2.06. The number of aliphatic imine (C=N–C) groups is 1. The van der Waals surface area contributed by atoms with Gasteiger partial charge in [-0.1, -0.05) is 12.1 Å². The van der Waals surface area contributed by atoms with Crippen LogP contribution in [0.5, 0.6) is 5.75 Å². The number of ether oxygens (including phenoxy) is 2. The fourth-order valence-corrected chi connectivity index (χ4v) is 3.88. The van der Waals surface area contributed by atoms with Crippen LogP contribution in [0.2, 0.25) is 0 Å². The van der Waals surface area contributed by atoms with E-state index in [1.54, 1.807) is 0 Å². The highest BCUT2D eigenvalue weighted by atomic mass is 32.2. The molecule has 2 aliphatic rings. The topological polar surface area (TPSA) is 30.8 Å². The fraction of sp³-hybridized carbons (Fsp3) is 0.632. The molecule has 0 saturated heterocycles. The molecule has 126 valence electrons. The first kappa shape index (κ1) is 16.8. The van der Waals surface area contributed by atoms with E-state index in [-0.39, 0.29) is 0 Å². The van der Waals surface area contributed by atoms with Gasteiger partial charge in [-0.2, -0.15) is 0 Å². The summed E-state index contributed by atoms with van der Waals surface area (Å²) in [5.41, 5.74) is 1.37. The summed E-state index contributed by atoms with van der Waals surface area (Å²) in [6, 6.07) is 8.67. The van der Waals surface area contributed by atoms with Gasteiger partial charge in [-0.15, -0.1) is 11.8 Å². The Labute approximate surface area is 143 Å². The Kier molecular flexibility index (Phi) is 6.40. The number of thioether (sulfide) groups is 1. The van der Waals surface area contributed by atoms with Gasteiger partial charge < -0.3 is 9.47 Å². The van der Waals surface area contributed by atoms with Crippen molar-refractivity contribution in [3.63, 3.8) is 0 Å². The van der Waals surface area contributed by atoms with E-state index in [0.29, 0.717) is 5.92 Å². The number of nitrogens with zero attached hydrogens (tertiary/aromatic N) is 1. The highest BCUT2D eigenvalue weighted by Crippen LogP contribution is 2.33. The van der Waals surface area contributed by atoms with Crippen molar-refractivity contribution >= 4 is 16.8 Å². The Morgan fingerprint density at radius 1 is 1.17 bits per heavy atom. The summed E-state index contributed by atoms with van der Waals surface area (Å²) < 4.78 is 11.2. The van der Waals surface area contributed by atoms with Crippen molar-refractivity contribution in [1.29, 1.82) is 0 Å². The minimum absolute atomic E-state index is 0.476. The molecule has 1 aromatic rings. The third-order valence-corrected chi connectivity index (χ3v) is 5.54. The van der Waals surface area contributed by atoms with Crippen molar-refractivity contribution in [2.75, 3.05) is 32.1 Å². The van der Waals surface area contributed by atoms with E-state index in [1.165, 1.54) is 23.4 Å². The molecule has 0 aromatic heterocycles. The fourth-order valence-electron chi connectivity index (χ4n) is 2.77. The van der Waals surface area contributed by atoms with Gasteiger partial charge in [0, 0.05) is 31.4 Å². The van der Waals surface area contributed by atoms with Crippen LogP contribution in [0.4, 0.5) is 0 Å². The molecule has 0 bridgehead atoms. The second kappa shape index (κ2) is 8.74. The number of hydrogen-bond donors (Lipinski definition) is 0. The summed E-state index contributed by atoms with van der Waals surface area (Å²) in [5.74, 6) is 3.38. The number of benzene rings is 1. The standard InChI is InChI=1S/C19H27NO2S/c1-2-21-12-3-13-23-19-18(10-11-20-19)16-6-8-17(9-7-16)22-14-15-4-5-15/h6-9,15,18H,2-5,10-14H2,1H3. The monoisotopic (exact) mass is 333 g/mol. The normalized spacial score (nSPS) is 20.6.